The van der Waals surface area contributed by atoms with Gasteiger partial charge in [0.2, 0.25) is 0 Å². The Bertz CT molecular complexity index is 2770. The van der Waals surface area contributed by atoms with Gasteiger partial charge in [0.1, 0.15) is 25.4 Å². The van der Waals surface area contributed by atoms with E-state index in [2.05, 4.69) is 191 Å². The lowest BCUT2D eigenvalue weighted by Crippen LogP contribution is -2.30. The number of hydrogen-bond acceptors (Lipinski definition) is 14. The second-order valence-corrected chi connectivity index (χ2v) is 32.9. The first-order valence-corrected chi connectivity index (χ1v) is 48.4. The summed E-state index contributed by atoms with van der Waals surface area (Å²) in [5, 5.41) is 20.7. The van der Waals surface area contributed by atoms with Crippen LogP contribution in [0.5, 0.6) is 0 Å². The molecule has 0 heterocycles. The Morgan fingerprint density at radius 1 is 0.252 bits per heavy atom. The molecule has 658 valence electrons. The Kier molecular flexibility index (Phi) is 84.3. The maximum Gasteiger partial charge on any atom is 0.472 e. The van der Waals surface area contributed by atoms with Gasteiger partial charge in [-0.3, -0.25) is 32.5 Å². The summed E-state index contributed by atoms with van der Waals surface area (Å²) in [5.41, 5.74) is 0. The van der Waals surface area contributed by atoms with Gasteiger partial charge in [-0.05, 0) is 154 Å². The van der Waals surface area contributed by atoms with Crippen LogP contribution in [0.1, 0.15) is 367 Å². The molecule has 0 radical (unpaired) electrons. The first kappa shape index (κ1) is 110. The number of rotatable bonds is 85. The number of unbranched alkanes of at least 4 members (excludes halogenated alkanes) is 34. The molecule has 5 atom stereocenters. The first-order chi connectivity index (χ1) is 56.2. The Balaban J connectivity index is 4.65. The summed E-state index contributed by atoms with van der Waals surface area (Å²) in [6, 6.07) is 0. The third-order valence-corrected chi connectivity index (χ3v) is 20.8. The fraction of sp³-hybridized carbons (Fsp3) is 0.680. The number of carbonyl (C=O) groups is 3. The lowest BCUT2D eigenvalue weighted by atomic mass is 10.0. The molecule has 5 unspecified atom stereocenters. The second kappa shape index (κ2) is 88.2. The van der Waals surface area contributed by atoms with Crippen LogP contribution in [-0.4, -0.2) is 95.9 Å². The lowest BCUT2D eigenvalue weighted by Gasteiger charge is -2.21. The number of esters is 3. The Morgan fingerprint density at radius 3 is 0.730 bits per heavy atom. The molecule has 0 aliphatic carbocycles. The average Bonchev–Trinajstić information content (AvgIpc) is 0.900. The molecule has 0 amide bonds. The molecule has 16 nitrogen and oxygen atoms in total. The van der Waals surface area contributed by atoms with Crippen LogP contribution in [-0.2, 0) is 55.8 Å². The Morgan fingerprint density at radius 2 is 0.461 bits per heavy atom. The quantitative estimate of drug-likeness (QED) is 0.0146. The van der Waals surface area contributed by atoms with Crippen LogP contribution in [0.3, 0.4) is 0 Å². The number of aliphatic hydroxyl groups is 2. The summed E-state index contributed by atoms with van der Waals surface area (Å²) < 4.78 is 61.5. The van der Waals surface area contributed by atoms with E-state index in [1.165, 1.54) is 122 Å². The number of hydrogen-bond donors (Lipinski definition) is 4. The van der Waals surface area contributed by atoms with E-state index < -0.39 is 91.5 Å². The molecule has 0 saturated carbocycles. The van der Waals surface area contributed by atoms with Crippen LogP contribution in [0.2, 0.25) is 0 Å². The number of ether oxygens (including phenoxy) is 3. The van der Waals surface area contributed by atoms with Crippen molar-refractivity contribution in [3.8, 4) is 0 Å². The minimum Gasteiger partial charge on any atom is -0.463 e. The molecular weight excluding hydrogens is 1480 g/mol. The normalized spacial score (nSPS) is 14.6. The molecule has 0 saturated heterocycles. The highest BCUT2D eigenvalue weighted by Crippen LogP contribution is 2.45. The predicted octanol–water partition coefficient (Wildman–Crippen LogP) is 27.9. The molecule has 0 bridgehead atoms. The smallest absolute Gasteiger partial charge is 0.463 e. The first-order valence-electron chi connectivity index (χ1n) is 45.4. The van der Waals surface area contributed by atoms with E-state index in [1.54, 1.807) is 0 Å². The van der Waals surface area contributed by atoms with Crippen molar-refractivity contribution in [2.45, 2.75) is 386 Å². The van der Waals surface area contributed by atoms with E-state index in [1.807, 2.05) is 0 Å². The molecule has 0 aliphatic heterocycles. The van der Waals surface area contributed by atoms with Crippen LogP contribution >= 0.6 is 15.6 Å². The van der Waals surface area contributed by atoms with E-state index in [0.717, 1.165) is 186 Å². The van der Waals surface area contributed by atoms with Crippen molar-refractivity contribution in [2.24, 2.45) is 0 Å². The maximum atomic E-state index is 13.1. The molecule has 0 rings (SSSR count). The van der Waals surface area contributed by atoms with Gasteiger partial charge in [0.15, 0.2) is 6.10 Å². The molecule has 18 heteroatoms. The number of allylic oxidation sites excluding steroid dienone is 28. The molecule has 0 aromatic heterocycles. The van der Waals surface area contributed by atoms with Crippen LogP contribution in [0.4, 0.5) is 0 Å². The van der Waals surface area contributed by atoms with Gasteiger partial charge in [-0.1, -0.05) is 364 Å². The van der Waals surface area contributed by atoms with Crippen LogP contribution < -0.4 is 0 Å². The van der Waals surface area contributed by atoms with Crippen molar-refractivity contribution in [1.82, 2.24) is 0 Å². The minimum absolute atomic E-state index is 0.0858. The summed E-state index contributed by atoms with van der Waals surface area (Å²) in [6.07, 6.45) is 114. The standard InChI is InChI=1S/C97H164O16P2/c1-4-7-10-13-16-19-22-25-28-31-34-37-40-42-44-45-47-49-51-53-56-59-62-65-68-71-74-77-80-83-95(100)107-86-92(98)87-109-114(103,104)110-88-93(99)89-111-115(105,106)112-91-94(113-97(102)85-82-79-76-73-70-67-64-61-58-55-50-39-36-33-30-27-24-21-18-15-12-9-6-3)90-108-96(101)84-81-78-75-72-69-66-63-60-57-54-52-48-46-43-41-38-35-32-29-26-23-20-17-14-11-8-5-2/h8-9,11-12,16-21,25-30,34-39,42-44,46,55,58,92-94,98-99H,4-7,10,13-15,22-24,31-33,40-41,45,47-54,56-57,59-91H2,1-3H3,(H,103,104)(H,105,106)/b11-8-,12-9-,19-16-,20-17-,21-18-,28-25-,29-26-,30-27-,37-34-,38-35-,39-36-,44-42-,46-43-,58-55-. The van der Waals surface area contributed by atoms with Crippen molar-refractivity contribution in [3.63, 3.8) is 0 Å². The second-order valence-electron chi connectivity index (χ2n) is 30.0. The fourth-order valence-corrected chi connectivity index (χ4v) is 13.7. The van der Waals surface area contributed by atoms with E-state index in [0.29, 0.717) is 19.3 Å². The number of phosphoric acid groups is 2. The van der Waals surface area contributed by atoms with Gasteiger partial charge >= 0.3 is 33.6 Å². The third kappa shape index (κ3) is 89.5. The highest BCUT2D eigenvalue weighted by atomic mass is 31.2. The Labute approximate surface area is 701 Å². The van der Waals surface area contributed by atoms with Gasteiger partial charge < -0.3 is 34.2 Å². The van der Waals surface area contributed by atoms with Gasteiger partial charge in [0, 0.05) is 19.3 Å². The van der Waals surface area contributed by atoms with Crippen molar-refractivity contribution < 1.29 is 75.8 Å². The molecule has 0 aliphatic rings. The van der Waals surface area contributed by atoms with Crippen molar-refractivity contribution in [2.75, 3.05) is 39.6 Å². The Hall–Kier alpha value is -5.09. The summed E-state index contributed by atoms with van der Waals surface area (Å²) in [7, 11) is -9.82. The molecule has 4 N–H and O–H groups in total. The largest absolute Gasteiger partial charge is 0.472 e. The number of phosphoric ester groups is 2. The van der Waals surface area contributed by atoms with E-state index >= 15 is 0 Å². The summed E-state index contributed by atoms with van der Waals surface area (Å²) >= 11 is 0. The van der Waals surface area contributed by atoms with E-state index in [9.17, 15) is 43.5 Å². The van der Waals surface area contributed by atoms with Crippen molar-refractivity contribution in [3.05, 3.63) is 170 Å². The minimum atomic E-state index is -4.95. The molecular formula is C97H164O16P2. The van der Waals surface area contributed by atoms with Gasteiger partial charge in [0.25, 0.3) is 0 Å². The van der Waals surface area contributed by atoms with Crippen molar-refractivity contribution >= 4 is 33.6 Å². The molecule has 0 fully saturated rings. The van der Waals surface area contributed by atoms with Gasteiger partial charge in [-0.15, -0.1) is 0 Å². The summed E-state index contributed by atoms with van der Waals surface area (Å²) in [4.78, 5) is 59.0. The zero-order valence-corrected chi connectivity index (χ0v) is 74.2. The van der Waals surface area contributed by atoms with Crippen LogP contribution in [0, 0.1) is 0 Å². The molecule has 0 spiro atoms. The van der Waals surface area contributed by atoms with E-state index in [4.69, 9.17) is 32.3 Å². The number of carbonyl (C=O) groups excluding carboxylic acids is 3. The summed E-state index contributed by atoms with van der Waals surface area (Å²) in [5.74, 6) is -1.59. The maximum absolute atomic E-state index is 13.1. The van der Waals surface area contributed by atoms with Gasteiger partial charge in [0.05, 0.1) is 26.4 Å². The van der Waals surface area contributed by atoms with Crippen LogP contribution in [0.25, 0.3) is 0 Å². The van der Waals surface area contributed by atoms with Crippen molar-refractivity contribution in [1.29, 1.82) is 0 Å². The zero-order valence-electron chi connectivity index (χ0n) is 72.4. The lowest BCUT2D eigenvalue weighted by molar-refractivity contribution is -0.161. The molecule has 115 heavy (non-hydrogen) atoms. The SMILES string of the molecule is CC/C=C\C/C=C\C/C=C\C/C=C\C/C=C\CCCCCCCCCCCCCC(=O)OCC(COP(=O)(O)OCC(O)COP(=O)(O)OCC(O)COC(=O)CCCCCCCCCCCCCCC/C=C\C/C=C\C/C=C\C/C=C\CCCCC)OC(=O)CCCCCCCCC/C=C\C/C=C\C/C=C\C/C=C\C/C=C\CC. The number of aliphatic hydroxyl groups excluding tert-OH is 2. The zero-order chi connectivity index (χ0) is 83.6. The average molecular weight is 1650 g/mol. The highest BCUT2D eigenvalue weighted by Gasteiger charge is 2.29. The van der Waals surface area contributed by atoms with E-state index in [-0.39, 0.29) is 19.3 Å². The van der Waals surface area contributed by atoms with Gasteiger partial charge in [-0.25, -0.2) is 9.13 Å². The molecule has 0 aromatic rings. The predicted molar refractivity (Wildman–Crippen MR) is 482 cm³/mol. The third-order valence-electron chi connectivity index (χ3n) is 18.9. The topological polar surface area (TPSA) is 231 Å². The monoisotopic (exact) mass is 1650 g/mol. The van der Waals surface area contributed by atoms with Crippen LogP contribution in [0.15, 0.2) is 170 Å². The molecule has 0 aromatic carbocycles. The fourth-order valence-electron chi connectivity index (χ4n) is 12.1. The van der Waals surface area contributed by atoms with Gasteiger partial charge in [-0.2, -0.15) is 0 Å². The summed E-state index contributed by atoms with van der Waals surface area (Å²) in [6.45, 7) is 2.45. The highest BCUT2D eigenvalue weighted by molar-refractivity contribution is 7.47.